The van der Waals surface area contributed by atoms with E-state index in [9.17, 15) is 9.59 Å². The van der Waals surface area contributed by atoms with E-state index in [1.54, 1.807) is 6.08 Å². The Morgan fingerprint density at radius 3 is 2.45 bits per heavy atom. The minimum Gasteiger partial charge on any atom is -0.480 e. The Bertz CT molecular complexity index is 662. The van der Waals surface area contributed by atoms with Crippen LogP contribution in [0.5, 0.6) is 0 Å². The molecule has 0 atom stereocenters. The van der Waals surface area contributed by atoms with E-state index < -0.39 is 18.5 Å². The molecule has 0 radical (unpaired) electrons. The SMILES string of the molecule is O=C(O)Cn1nnc(C(=O)O)c1/C=C/c1ccccc1. The second-order valence-corrected chi connectivity index (χ2v) is 3.92. The number of aromatic carboxylic acids is 1. The van der Waals surface area contributed by atoms with Gasteiger partial charge in [0, 0.05) is 0 Å². The standard InChI is InChI=1S/C13H11N3O4/c17-11(18)8-16-10(12(13(19)20)14-15-16)7-6-9-4-2-1-3-5-9/h1-7H,8H2,(H,17,18)(H,19,20)/b7-6+. The highest BCUT2D eigenvalue weighted by molar-refractivity contribution is 5.90. The third-order valence-corrected chi connectivity index (χ3v) is 2.49. The Morgan fingerprint density at radius 1 is 1.15 bits per heavy atom. The molecular formula is C13H11N3O4. The summed E-state index contributed by atoms with van der Waals surface area (Å²) < 4.78 is 1.03. The molecule has 2 rings (SSSR count). The molecule has 0 unspecified atom stereocenters. The molecule has 0 aliphatic carbocycles. The van der Waals surface area contributed by atoms with Crippen molar-refractivity contribution in [3.8, 4) is 0 Å². The number of hydrogen-bond donors (Lipinski definition) is 2. The molecular weight excluding hydrogens is 262 g/mol. The van der Waals surface area contributed by atoms with Gasteiger partial charge in [-0.25, -0.2) is 9.48 Å². The van der Waals surface area contributed by atoms with Crippen LogP contribution in [-0.2, 0) is 11.3 Å². The molecule has 1 aromatic carbocycles. The summed E-state index contributed by atoms with van der Waals surface area (Å²) >= 11 is 0. The summed E-state index contributed by atoms with van der Waals surface area (Å²) in [4.78, 5) is 21.7. The average Bonchev–Trinajstić information content (AvgIpc) is 2.80. The third kappa shape index (κ3) is 3.08. The number of carboxylic acid groups (broad SMARTS) is 2. The number of carboxylic acids is 2. The fourth-order valence-corrected chi connectivity index (χ4v) is 1.62. The molecule has 2 N–H and O–H groups in total. The zero-order valence-corrected chi connectivity index (χ0v) is 10.3. The summed E-state index contributed by atoms with van der Waals surface area (Å²) in [5.41, 5.74) is 0.717. The number of nitrogens with zero attached hydrogens (tertiary/aromatic N) is 3. The summed E-state index contributed by atoms with van der Waals surface area (Å²) in [5.74, 6) is -2.38. The Kier molecular flexibility index (Phi) is 3.90. The number of carbonyl (C=O) groups is 2. The van der Waals surface area contributed by atoms with Crippen LogP contribution < -0.4 is 0 Å². The second kappa shape index (κ2) is 5.79. The van der Waals surface area contributed by atoms with Gasteiger partial charge >= 0.3 is 11.9 Å². The van der Waals surface area contributed by atoms with Gasteiger partial charge < -0.3 is 10.2 Å². The molecule has 7 heteroatoms. The van der Waals surface area contributed by atoms with Crippen LogP contribution in [0, 0.1) is 0 Å². The van der Waals surface area contributed by atoms with Crippen LogP contribution in [0.25, 0.3) is 12.2 Å². The number of hydrogen-bond acceptors (Lipinski definition) is 4. The molecule has 0 bridgehead atoms. The lowest BCUT2D eigenvalue weighted by molar-refractivity contribution is -0.137. The normalized spacial score (nSPS) is 10.8. The van der Waals surface area contributed by atoms with Crippen molar-refractivity contribution >= 4 is 24.1 Å². The first-order chi connectivity index (χ1) is 9.58. The van der Waals surface area contributed by atoms with Crippen LogP contribution in [0.3, 0.4) is 0 Å². The lowest BCUT2D eigenvalue weighted by atomic mass is 10.2. The molecule has 0 spiro atoms. The van der Waals surface area contributed by atoms with Crippen LogP contribution >= 0.6 is 0 Å². The van der Waals surface area contributed by atoms with Gasteiger partial charge in [-0.15, -0.1) is 5.10 Å². The lowest BCUT2D eigenvalue weighted by Gasteiger charge is -1.99. The quantitative estimate of drug-likeness (QED) is 0.848. The minimum absolute atomic E-state index is 0.142. The van der Waals surface area contributed by atoms with Gasteiger partial charge in [-0.05, 0) is 11.6 Å². The molecule has 7 nitrogen and oxygen atoms in total. The summed E-state index contributed by atoms with van der Waals surface area (Å²) in [6, 6.07) is 9.20. The van der Waals surface area contributed by atoms with Crippen LogP contribution in [0.2, 0.25) is 0 Å². The second-order valence-electron chi connectivity index (χ2n) is 3.92. The maximum absolute atomic E-state index is 11.0. The molecule has 0 fully saturated rings. The lowest BCUT2D eigenvalue weighted by Crippen LogP contribution is -2.12. The largest absolute Gasteiger partial charge is 0.480 e. The maximum atomic E-state index is 11.0. The maximum Gasteiger partial charge on any atom is 0.358 e. The van der Waals surface area contributed by atoms with Crippen molar-refractivity contribution in [2.24, 2.45) is 0 Å². The van der Waals surface area contributed by atoms with Gasteiger partial charge in [0.2, 0.25) is 0 Å². The Hall–Kier alpha value is -2.96. The highest BCUT2D eigenvalue weighted by Crippen LogP contribution is 2.11. The van der Waals surface area contributed by atoms with Crippen molar-refractivity contribution in [2.75, 3.05) is 0 Å². The Morgan fingerprint density at radius 2 is 1.85 bits per heavy atom. The van der Waals surface area contributed by atoms with Gasteiger partial charge in [0.25, 0.3) is 0 Å². The average molecular weight is 273 g/mol. The van der Waals surface area contributed by atoms with Crippen molar-refractivity contribution in [1.29, 1.82) is 0 Å². The molecule has 102 valence electrons. The van der Waals surface area contributed by atoms with Crippen LogP contribution in [-0.4, -0.2) is 37.1 Å². The first kappa shape index (κ1) is 13.5. The zero-order valence-electron chi connectivity index (χ0n) is 10.3. The first-order valence-electron chi connectivity index (χ1n) is 5.69. The number of aromatic nitrogens is 3. The van der Waals surface area contributed by atoms with E-state index in [0.717, 1.165) is 10.2 Å². The monoisotopic (exact) mass is 273 g/mol. The molecule has 0 saturated heterocycles. The fourth-order valence-electron chi connectivity index (χ4n) is 1.62. The van der Waals surface area contributed by atoms with E-state index >= 15 is 0 Å². The summed E-state index contributed by atoms with van der Waals surface area (Å²) in [6.45, 7) is -0.450. The van der Waals surface area contributed by atoms with Gasteiger partial charge in [-0.1, -0.05) is 41.6 Å². The molecule has 1 aromatic heterocycles. The van der Waals surface area contributed by atoms with Crippen molar-refractivity contribution in [2.45, 2.75) is 6.54 Å². The van der Waals surface area contributed by atoms with Crippen molar-refractivity contribution in [1.82, 2.24) is 15.0 Å². The van der Waals surface area contributed by atoms with Crippen molar-refractivity contribution < 1.29 is 19.8 Å². The van der Waals surface area contributed by atoms with Crippen molar-refractivity contribution in [3.05, 3.63) is 47.3 Å². The topological polar surface area (TPSA) is 105 Å². The number of benzene rings is 1. The first-order valence-corrected chi connectivity index (χ1v) is 5.69. The highest BCUT2D eigenvalue weighted by atomic mass is 16.4. The fraction of sp³-hybridized carbons (Fsp3) is 0.0769. The van der Waals surface area contributed by atoms with Crippen LogP contribution in [0.15, 0.2) is 30.3 Å². The van der Waals surface area contributed by atoms with E-state index in [1.807, 2.05) is 30.3 Å². The molecule has 0 amide bonds. The van der Waals surface area contributed by atoms with E-state index in [1.165, 1.54) is 6.08 Å². The summed E-state index contributed by atoms with van der Waals surface area (Å²) in [6.07, 6.45) is 3.16. The van der Waals surface area contributed by atoms with E-state index in [0.29, 0.717) is 0 Å². The Balaban J connectivity index is 2.37. The molecule has 1 heterocycles. The predicted octanol–water partition coefficient (Wildman–Crippen LogP) is 1.23. The molecule has 0 aliphatic rings. The van der Waals surface area contributed by atoms with E-state index in [-0.39, 0.29) is 11.4 Å². The summed E-state index contributed by atoms with van der Waals surface area (Å²) in [5, 5.41) is 24.8. The zero-order chi connectivity index (χ0) is 14.5. The van der Waals surface area contributed by atoms with Gasteiger partial charge in [0.05, 0.1) is 5.69 Å². The number of aliphatic carboxylic acids is 1. The van der Waals surface area contributed by atoms with E-state index in [2.05, 4.69) is 10.3 Å². The smallest absolute Gasteiger partial charge is 0.358 e. The molecule has 0 aliphatic heterocycles. The van der Waals surface area contributed by atoms with Crippen LogP contribution in [0.1, 0.15) is 21.7 Å². The molecule has 20 heavy (non-hydrogen) atoms. The third-order valence-electron chi connectivity index (χ3n) is 2.49. The highest BCUT2D eigenvalue weighted by Gasteiger charge is 2.18. The van der Waals surface area contributed by atoms with E-state index in [4.69, 9.17) is 10.2 Å². The van der Waals surface area contributed by atoms with Crippen molar-refractivity contribution in [3.63, 3.8) is 0 Å². The van der Waals surface area contributed by atoms with Gasteiger partial charge in [0.15, 0.2) is 5.69 Å². The number of rotatable bonds is 5. The summed E-state index contributed by atoms with van der Waals surface area (Å²) in [7, 11) is 0. The predicted molar refractivity (Wildman–Crippen MR) is 70.0 cm³/mol. The van der Waals surface area contributed by atoms with Gasteiger partial charge in [-0.3, -0.25) is 4.79 Å². The minimum atomic E-state index is -1.26. The molecule has 2 aromatic rings. The molecule has 0 saturated carbocycles. The Labute approximate surface area is 113 Å². The van der Waals surface area contributed by atoms with Gasteiger partial charge in [0.1, 0.15) is 6.54 Å². The van der Waals surface area contributed by atoms with Crippen LogP contribution in [0.4, 0.5) is 0 Å². The van der Waals surface area contributed by atoms with Gasteiger partial charge in [-0.2, -0.15) is 0 Å².